The smallest absolute Gasteiger partial charge is 0.344 e. The first kappa shape index (κ1) is 11.0. The Labute approximate surface area is 111 Å². The second-order valence-corrected chi connectivity index (χ2v) is 4.48. The number of phenolic OH excluding ortho intramolecular Hbond substituents is 2. The Morgan fingerprint density at radius 3 is 2.40 bits per heavy atom. The summed E-state index contributed by atoms with van der Waals surface area (Å²) in [6.45, 7) is 0.0850. The second-order valence-electron chi connectivity index (χ2n) is 4.48. The number of phenols is 2. The quantitative estimate of drug-likeness (QED) is 0.481. The summed E-state index contributed by atoms with van der Waals surface area (Å²) in [6, 6.07) is 5.61. The Bertz CT molecular complexity index is 924. The van der Waals surface area contributed by atoms with Crippen LogP contribution in [0.5, 0.6) is 23.0 Å². The maximum atomic E-state index is 12.0. The predicted octanol–water partition coefficient (Wildman–Crippen LogP) is 2.09. The summed E-state index contributed by atoms with van der Waals surface area (Å²) < 4.78 is 15.6. The summed E-state index contributed by atoms with van der Waals surface area (Å²) in [4.78, 5) is 12.0. The van der Waals surface area contributed by atoms with Gasteiger partial charge in [0.05, 0.1) is 10.8 Å². The van der Waals surface area contributed by atoms with E-state index in [0.717, 1.165) is 0 Å². The first-order chi connectivity index (χ1) is 9.63. The molecule has 2 heterocycles. The van der Waals surface area contributed by atoms with Crippen LogP contribution in [0.25, 0.3) is 21.7 Å². The van der Waals surface area contributed by atoms with Crippen LogP contribution in [0.1, 0.15) is 0 Å². The van der Waals surface area contributed by atoms with Crippen LogP contribution in [-0.2, 0) is 0 Å². The van der Waals surface area contributed by atoms with Crippen LogP contribution in [0.3, 0.4) is 0 Å². The average molecular weight is 272 g/mol. The van der Waals surface area contributed by atoms with Crippen molar-refractivity contribution >= 4 is 21.7 Å². The molecule has 2 aromatic carbocycles. The van der Waals surface area contributed by atoms with Crippen molar-refractivity contribution in [1.29, 1.82) is 0 Å². The van der Waals surface area contributed by atoms with E-state index in [1.54, 1.807) is 6.07 Å². The van der Waals surface area contributed by atoms with Crippen LogP contribution < -0.4 is 15.1 Å². The number of aromatic hydroxyl groups is 2. The molecule has 0 amide bonds. The van der Waals surface area contributed by atoms with Gasteiger partial charge in [-0.25, -0.2) is 4.79 Å². The predicted molar refractivity (Wildman–Crippen MR) is 69.4 cm³/mol. The van der Waals surface area contributed by atoms with Gasteiger partial charge in [0.2, 0.25) is 6.79 Å². The van der Waals surface area contributed by atoms with E-state index in [-0.39, 0.29) is 29.3 Å². The maximum Gasteiger partial charge on any atom is 0.344 e. The summed E-state index contributed by atoms with van der Waals surface area (Å²) >= 11 is 0. The van der Waals surface area contributed by atoms with Crippen LogP contribution in [0.2, 0.25) is 0 Å². The standard InChI is InChI=1S/C14H8O6/c15-6-1-9(16)13-7-3-10-11(19-5-18-10)4-8(7)14(17)20-12(13)2-6/h1-4,15-16H,5H2. The normalized spacial score (nSPS) is 13.2. The SMILES string of the molecule is O=c1oc2cc(O)cc(O)c2c2cc3c(cc12)OCO3. The molecule has 2 N–H and O–H groups in total. The van der Waals surface area contributed by atoms with Gasteiger partial charge in [0.25, 0.3) is 0 Å². The summed E-state index contributed by atoms with van der Waals surface area (Å²) in [5.74, 6) is 0.602. The van der Waals surface area contributed by atoms with E-state index in [1.807, 2.05) is 0 Å². The van der Waals surface area contributed by atoms with Crippen molar-refractivity contribution in [2.24, 2.45) is 0 Å². The Balaban J connectivity index is 2.26. The third-order valence-electron chi connectivity index (χ3n) is 3.27. The van der Waals surface area contributed by atoms with Crippen molar-refractivity contribution in [3.8, 4) is 23.0 Å². The minimum atomic E-state index is -0.573. The molecule has 0 bridgehead atoms. The van der Waals surface area contributed by atoms with Gasteiger partial charge in [-0.05, 0) is 12.1 Å². The zero-order valence-corrected chi connectivity index (χ0v) is 10.0. The van der Waals surface area contributed by atoms with E-state index in [9.17, 15) is 15.0 Å². The number of hydrogen-bond donors (Lipinski definition) is 2. The fraction of sp³-hybridized carbons (Fsp3) is 0.0714. The molecule has 0 atom stereocenters. The zero-order valence-electron chi connectivity index (χ0n) is 10.0. The first-order valence-electron chi connectivity index (χ1n) is 5.85. The van der Waals surface area contributed by atoms with E-state index in [2.05, 4.69) is 0 Å². The summed E-state index contributed by atoms with van der Waals surface area (Å²) in [6.07, 6.45) is 0. The van der Waals surface area contributed by atoms with Crippen molar-refractivity contribution in [3.63, 3.8) is 0 Å². The van der Waals surface area contributed by atoms with E-state index >= 15 is 0 Å². The number of benzene rings is 2. The van der Waals surface area contributed by atoms with E-state index in [1.165, 1.54) is 18.2 Å². The van der Waals surface area contributed by atoms with Gasteiger partial charge >= 0.3 is 5.63 Å². The lowest BCUT2D eigenvalue weighted by atomic mass is 10.1. The molecule has 6 heteroatoms. The molecule has 1 aromatic heterocycles. The summed E-state index contributed by atoms with van der Waals surface area (Å²) in [7, 11) is 0. The Kier molecular flexibility index (Phi) is 1.96. The highest BCUT2D eigenvalue weighted by Gasteiger charge is 2.19. The Morgan fingerprint density at radius 2 is 1.65 bits per heavy atom. The topological polar surface area (TPSA) is 89.1 Å². The van der Waals surface area contributed by atoms with E-state index in [0.29, 0.717) is 22.3 Å². The Morgan fingerprint density at radius 1 is 0.950 bits per heavy atom. The number of ether oxygens (including phenoxy) is 2. The average Bonchev–Trinajstić information content (AvgIpc) is 2.83. The molecular formula is C14H8O6. The largest absolute Gasteiger partial charge is 0.508 e. The van der Waals surface area contributed by atoms with E-state index < -0.39 is 5.63 Å². The third-order valence-corrected chi connectivity index (χ3v) is 3.27. The molecule has 0 unspecified atom stereocenters. The molecule has 3 aromatic rings. The minimum Gasteiger partial charge on any atom is -0.508 e. The highest BCUT2D eigenvalue weighted by molar-refractivity contribution is 6.08. The summed E-state index contributed by atoms with van der Waals surface area (Å²) in [5.41, 5.74) is -0.463. The van der Waals surface area contributed by atoms with Gasteiger partial charge < -0.3 is 24.1 Å². The molecule has 100 valence electrons. The first-order valence-corrected chi connectivity index (χ1v) is 5.85. The van der Waals surface area contributed by atoms with Gasteiger partial charge in [-0.2, -0.15) is 0 Å². The third kappa shape index (κ3) is 1.36. The molecule has 0 radical (unpaired) electrons. The number of rotatable bonds is 0. The highest BCUT2D eigenvalue weighted by atomic mass is 16.7. The van der Waals surface area contributed by atoms with Crippen molar-refractivity contribution < 1.29 is 24.1 Å². The second kappa shape index (κ2) is 3.57. The fourth-order valence-electron chi connectivity index (χ4n) is 2.41. The lowest BCUT2D eigenvalue weighted by molar-refractivity contribution is 0.174. The fourth-order valence-corrected chi connectivity index (χ4v) is 2.41. The van der Waals surface area contributed by atoms with Crippen LogP contribution in [0.15, 0.2) is 33.5 Å². The van der Waals surface area contributed by atoms with Crippen LogP contribution >= 0.6 is 0 Å². The van der Waals surface area contributed by atoms with Crippen LogP contribution in [0, 0.1) is 0 Å². The van der Waals surface area contributed by atoms with Gasteiger partial charge in [0.1, 0.15) is 17.1 Å². The van der Waals surface area contributed by atoms with Crippen molar-refractivity contribution in [2.45, 2.75) is 0 Å². The lowest BCUT2D eigenvalue weighted by Gasteiger charge is -2.06. The molecular weight excluding hydrogens is 264 g/mol. The van der Waals surface area contributed by atoms with Crippen molar-refractivity contribution in [1.82, 2.24) is 0 Å². The zero-order chi connectivity index (χ0) is 13.9. The number of fused-ring (bicyclic) bond motifs is 4. The van der Waals surface area contributed by atoms with Gasteiger partial charge in [-0.1, -0.05) is 0 Å². The molecule has 4 rings (SSSR count). The van der Waals surface area contributed by atoms with Gasteiger partial charge in [-0.3, -0.25) is 0 Å². The van der Waals surface area contributed by atoms with E-state index in [4.69, 9.17) is 13.9 Å². The molecule has 1 aliphatic heterocycles. The Hall–Kier alpha value is -2.89. The maximum absolute atomic E-state index is 12.0. The molecule has 0 saturated heterocycles. The van der Waals surface area contributed by atoms with Gasteiger partial charge in [0, 0.05) is 17.5 Å². The molecule has 0 spiro atoms. The van der Waals surface area contributed by atoms with Crippen LogP contribution in [0.4, 0.5) is 0 Å². The minimum absolute atomic E-state index is 0.0850. The van der Waals surface area contributed by atoms with Gasteiger partial charge in [-0.15, -0.1) is 0 Å². The molecule has 0 saturated carbocycles. The summed E-state index contributed by atoms with van der Waals surface area (Å²) in [5, 5.41) is 20.6. The van der Waals surface area contributed by atoms with Crippen molar-refractivity contribution in [2.75, 3.05) is 6.79 Å². The molecule has 20 heavy (non-hydrogen) atoms. The molecule has 0 fully saturated rings. The van der Waals surface area contributed by atoms with Gasteiger partial charge in [0.15, 0.2) is 11.5 Å². The highest BCUT2D eigenvalue weighted by Crippen LogP contribution is 2.40. The molecule has 1 aliphatic rings. The molecule has 0 aliphatic carbocycles. The number of hydrogen-bond acceptors (Lipinski definition) is 6. The van der Waals surface area contributed by atoms with Crippen molar-refractivity contribution in [3.05, 3.63) is 34.7 Å². The monoisotopic (exact) mass is 272 g/mol. The van der Waals surface area contributed by atoms with Crippen LogP contribution in [-0.4, -0.2) is 17.0 Å². The lowest BCUT2D eigenvalue weighted by Crippen LogP contribution is -2.00. The molecule has 6 nitrogen and oxygen atoms in total.